The molecular formula is C16H19F2ORb. The quantitative estimate of drug-likeness (QED) is 0.701. The van der Waals surface area contributed by atoms with E-state index in [0.717, 1.165) is 44.1 Å². The molecule has 1 aromatic rings. The maximum atomic E-state index is 14.2. The maximum Gasteiger partial charge on any atom is 1.00 e. The van der Waals surface area contributed by atoms with Crippen LogP contribution in [-0.4, -0.2) is 0 Å². The summed E-state index contributed by atoms with van der Waals surface area (Å²) in [4.78, 5) is 0. The molecule has 2 aliphatic rings. The summed E-state index contributed by atoms with van der Waals surface area (Å²) >= 11 is 0. The van der Waals surface area contributed by atoms with Crippen molar-refractivity contribution >= 4 is 0 Å². The number of halogens is 2. The standard InChI is InChI=1S/C16H19F2O.Rb/c1-10-4-6-11(7-5-10)13-9-12-3-2-8-19-16(12)15(18)14(13)17;/h8-11H,2-7H2,1H3;/q-1;+1. The molecule has 20 heavy (non-hydrogen) atoms. The van der Waals surface area contributed by atoms with Gasteiger partial charge in [-0.3, -0.25) is 0 Å². The van der Waals surface area contributed by atoms with Gasteiger partial charge in [-0.2, -0.15) is 11.0 Å². The van der Waals surface area contributed by atoms with Crippen molar-refractivity contribution in [2.45, 2.75) is 51.4 Å². The number of hydrogen-bond donors (Lipinski definition) is 0. The average molecular weight is 351 g/mol. The van der Waals surface area contributed by atoms with Crippen LogP contribution in [0.4, 0.5) is 8.78 Å². The Balaban J connectivity index is 0.00000147. The minimum Gasteiger partial charge on any atom is -0.660 e. The van der Waals surface area contributed by atoms with Gasteiger partial charge < -0.3 is 4.74 Å². The third-order valence-corrected chi connectivity index (χ3v) is 4.46. The van der Waals surface area contributed by atoms with Gasteiger partial charge >= 0.3 is 58.2 Å². The summed E-state index contributed by atoms with van der Waals surface area (Å²) in [7, 11) is 0. The van der Waals surface area contributed by atoms with E-state index < -0.39 is 11.6 Å². The predicted molar refractivity (Wildman–Crippen MR) is 70.0 cm³/mol. The zero-order valence-corrected chi connectivity index (χ0v) is 17.1. The normalized spacial score (nSPS) is 25.4. The Bertz CT molecular complexity index is 482. The van der Waals surface area contributed by atoms with Crippen molar-refractivity contribution in [1.82, 2.24) is 0 Å². The SMILES string of the molecule is CC1CCC(c2cc3c(c(F)c2F)O[CH-]CC3)CC1.[Rb+]. The Hall–Kier alpha value is 0.685. The number of fused-ring (bicyclic) bond motifs is 1. The van der Waals surface area contributed by atoms with Gasteiger partial charge in [0.05, 0.1) is 0 Å². The molecule has 1 fully saturated rings. The fourth-order valence-corrected chi connectivity index (χ4v) is 3.22. The third kappa shape index (κ3) is 3.36. The van der Waals surface area contributed by atoms with E-state index in [1.54, 1.807) is 6.61 Å². The van der Waals surface area contributed by atoms with E-state index in [4.69, 9.17) is 4.74 Å². The first-order valence-corrected chi connectivity index (χ1v) is 7.16. The minimum absolute atomic E-state index is 0. The molecular weight excluding hydrogens is 332 g/mol. The Morgan fingerprint density at radius 1 is 1.15 bits per heavy atom. The molecule has 0 saturated heterocycles. The molecule has 0 spiro atoms. The second kappa shape index (κ2) is 7.30. The molecule has 1 nitrogen and oxygen atoms in total. The second-order valence-corrected chi connectivity index (χ2v) is 5.86. The van der Waals surface area contributed by atoms with Crippen molar-refractivity contribution in [1.29, 1.82) is 0 Å². The Kier molecular flexibility index (Phi) is 6.22. The molecule has 1 aromatic carbocycles. The fourth-order valence-electron chi connectivity index (χ4n) is 3.22. The van der Waals surface area contributed by atoms with Crippen LogP contribution in [0.15, 0.2) is 6.07 Å². The van der Waals surface area contributed by atoms with Gasteiger partial charge in [0, 0.05) is 0 Å². The van der Waals surface area contributed by atoms with Crippen LogP contribution in [0.2, 0.25) is 0 Å². The average Bonchev–Trinajstić information content (AvgIpc) is 2.44. The number of ether oxygens (including phenoxy) is 1. The molecule has 0 atom stereocenters. The van der Waals surface area contributed by atoms with Crippen LogP contribution in [0.5, 0.6) is 5.75 Å². The second-order valence-electron chi connectivity index (χ2n) is 5.86. The van der Waals surface area contributed by atoms with Crippen molar-refractivity contribution in [3.8, 4) is 5.75 Å². The molecule has 0 radical (unpaired) electrons. The first kappa shape index (κ1) is 17.0. The summed E-state index contributed by atoms with van der Waals surface area (Å²) in [6.45, 7) is 3.77. The van der Waals surface area contributed by atoms with Gasteiger partial charge in [0.25, 0.3) is 0 Å². The Morgan fingerprint density at radius 2 is 1.85 bits per heavy atom. The van der Waals surface area contributed by atoms with E-state index in [0.29, 0.717) is 11.5 Å². The van der Waals surface area contributed by atoms with E-state index in [1.165, 1.54) is 0 Å². The Labute approximate surface area is 168 Å². The molecule has 1 heterocycles. The van der Waals surface area contributed by atoms with Gasteiger partial charge in [0.15, 0.2) is 11.6 Å². The zero-order chi connectivity index (χ0) is 13.4. The van der Waals surface area contributed by atoms with Gasteiger partial charge in [-0.15, -0.1) is 6.42 Å². The first-order valence-electron chi connectivity index (χ1n) is 7.16. The third-order valence-electron chi connectivity index (χ3n) is 4.46. The summed E-state index contributed by atoms with van der Waals surface area (Å²) in [5.74, 6) is -0.533. The molecule has 3 rings (SSSR count). The summed E-state index contributed by atoms with van der Waals surface area (Å²) in [6, 6.07) is 1.83. The summed E-state index contributed by atoms with van der Waals surface area (Å²) < 4.78 is 33.4. The van der Waals surface area contributed by atoms with E-state index in [9.17, 15) is 8.78 Å². The minimum atomic E-state index is -0.804. The molecule has 0 aromatic heterocycles. The number of aryl methyl sites for hydroxylation is 1. The summed E-state index contributed by atoms with van der Waals surface area (Å²) in [6.07, 6.45) is 5.63. The molecule has 0 amide bonds. The topological polar surface area (TPSA) is 9.23 Å². The smallest absolute Gasteiger partial charge is 0.660 e. The van der Waals surface area contributed by atoms with E-state index in [2.05, 4.69) is 6.92 Å². The molecule has 1 aliphatic heterocycles. The summed E-state index contributed by atoms with van der Waals surface area (Å²) in [5.41, 5.74) is 1.38. The van der Waals surface area contributed by atoms with Gasteiger partial charge in [-0.25, -0.2) is 4.39 Å². The van der Waals surface area contributed by atoms with Crippen molar-refractivity contribution in [3.05, 3.63) is 35.4 Å². The van der Waals surface area contributed by atoms with Crippen LogP contribution in [0.1, 0.15) is 56.1 Å². The predicted octanol–water partition coefficient (Wildman–Crippen LogP) is 1.75. The molecule has 0 N–H and O–H groups in total. The molecule has 0 bridgehead atoms. The van der Waals surface area contributed by atoms with Gasteiger partial charge in [0.1, 0.15) is 5.75 Å². The van der Waals surface area contributed by atoms with Crippen LogP contribution in [0.3, 0.4) is 0 Å². The molecule has 1 saturated carbocycles. The van der Waals surface area contributed by atoms with E-state index in [1.807, 2.05) is 6.07 Å². The fraction of sp³-hybridized carbons (Fsp3) is 0.562. The van der Waals surface area contributed by atoms with Gasteiger partial charge in [-0.05, 0) is 48.3 Å². The van der Waals surface area contributed by atoms with Crippen molar-refractivity contribution in [2.24, 2.45) is 5.92 Å². The number of hydrogen-bond acceptors (Lipinski definition) is 1. The van der Waals surface area contributed by atoms with E-state index >= 15 is 0 Å². The van der Waals surface area contributed by atoms with Crippen LogP contribution in [-0.2, 0) is 6.42 Å². The number of benzene rings is 1. The molecule has 0 unspecified atom stereocenters. The summed E-state index contributed by atoms with van der Waals surface area (Å²) in [5, 5.41) is 0. The van der Waals surface area contributed by atoms with Gasteiger partial charge in [-0.1, -0.05) is 19.8 Å². The molecule has 104 valence electrons. The van der Waals surface area contributed by atoms with Crippen molar-refractivity contribution in [3.63, 3.8) is 0 Å². The maximum absolute atomic E-state index is 14.2. The Morgan fingerprint density at radius 3 is 2.55 bits per heavy atom. The van der Waals surface area contributed by atoms with Crippen LogP contribution >= 0.6 is 0 Å². The van der Waals surface area contributed by atoms with E-state index in [-0.39, 0.29) is 69.9 Å². The zero-order valence-electron chi connectivity index (χ0n) is 12.2. The largest absolute Gasteiger partial charge is 1.00 e. The molecule has 4 heteroatoms. The van der Waals surface area contributed by atoms with Crippen LogP contribution < -0.4 is 62.9 Å². The molecule has 1 aliphatic carbocycles. The number of rotatable bonds is 1. The van der Waals surface area contributed by atoms with Crippen LogP contribution in [0.25, 0.3) is 0 Å². The first-order chi connectivity index (χ1) is 9.16. The van der Waals surface area contributed by atoms with Crippen molar-refractivity contribution < 1.29 is 71.7 Å². The monoisotopic (exact) mass is 350 g/mol. The van der Waals surface area contributed by atoms with Gasteiger partial charge in [0.2, 0.25) is 0 Å². The van der Waals surface area contributed by atoms with Crippen molar-refractivity contribution in [2.75, 3.05) is 0 Å². The van der Waals surface area contributed by atoms with Crippen LogP contribution in [0, 0.1) is 24.2 Å².